The van der Waals surface area contributed by atoms with Crippen molar-refractivity contribution in [3.05, 3.63) is 70.9 Å². The van der Waals surface area contributed by atoms with Crippen molar-refractivity contribution in [1.29, 1.82) is 0 Å². The minimum Gasteiger partial charge on any atom is -0.491 e. The number of nitrogens with zero attached hydrogens (tertiary/aromatic N) is 3. The van der Waals surface area contributed by atoms with Crippen molar-refractivity contribution >= 4 is 16.8 Å². The number of halogens is 5. The number of benzene rings is 2. The number of ether oxygens (including phenoxy) is 1. The molecule has 5 rings (SSSR count). The number of likely N-dealkylation sites (N-methyl/N-ethyl adjacent to an activating group) is 1. The second-order valence-electron chi connectivity index (χ2n) is 11.8. The second kappa shape index (κ2) is 12.2. The topological polar surface area (TPSA) is 73.5 Å². The zero-order valence-electron chi connectivity index (χ0n) is 24.4. The summed E-state index contributed by atoms with van der Waals surface area (Å²) in [7, 11) is 3.32. The third kappa shape index (κ3) is 6.70. The van der Waals surface area contributed by atoms with Crippen molar-refractivity contribution in [3.8, 4) is 5.75 Å². The molecule has 1 aliphatic heterocycles. The summed E-state index contributed by atoms with van der Waals surface area (Å²) in [6, 6.07) is 3.45. The maximum atomic E-state index is 15.9. The number of hydrogen-bond acceptors (Lipinski definition) is 5. The number of rotatable bonds is 9. The maximum absolute atomic E-state index is 15.9. The van der Waals surface area contributed by atoms with Crippen molar-refractivity contribution in [2.24, 2.45) is 0 Å². The van der Waals surface area contributed by atoms with Gasteiger partial charge in [0.1, 0.15) is 24.0 Å². The Bertz CT molecular complexity index is 1470. The number of amides is 1. The van der Waals surface area contributed by atoms with Crippen molar-refractivity contribution in [3.63, 3.8) is 0 Å². The number of nitrogens with one attached hydrogen (secondary N) is 2. The molecule has 1 saturated carbocycles. The smallest absolute Gasteiger partial charge is 0.401 e. The molecule has 0 saturated heterocycles. The standard InChI is InChI=1S/C31H36F5N5O2/c1-19-13-22-21(8-9-26-23(22)16-38-39-26)29(41(19)17-31(34,35)36)28-24(32)14-20(15-25(28)33)43-18-30(10-4-5-11-30)37-12-6-7-27(42)40(2)3/h6-9,14-16,19,29,37H,4-5,10-13,17-18H2,1-3H3,(H,38,39)/b7-6+/t19-,29+/m1/s1. The quantitative estimate of drug-likeness (QED) is 0.243. The number of carbonyl (C=O) groups excluding carboxylic acids is 1. The van der Waals surface area contributed by atoms with Crippen LogP contribution in [-0.2, 0) is 11.2 Å². The molecule has 2 aliphatic rings. The van der Waals surface area contributed by atoms with Crippen LogP contribution in [0.25, 0.3) is 10.9 Å². The summed E-state index contributed by atoms with van der Waals surface area (Å²) >= 11 is 0. The summed E-state index contributed by atoms with van der Waals surface area (Å²) in [5.74, 6) is -2.12. The minimum absolute atomic E-state index is 0.0399. The zero-order valence-corrected chi connectivity index (χ0v) is 24.4. The zero-order chi connectivity index (χ0) is 30.9. The summed E-state index contributed by atoms with van der Waals surface area (Å²) < 4.78 is 78.8. The lowest BCUT2D eigenvalue weighted by Gasteiger charge is -2.42. The van der Waals surface area contributed by atoms with Crippen LogP contribution in [0.3, 0.4) is 0 Å². The van der Waals surface area contributed by atoms with E-state index in [2.05, 4.69) is 15.5 Å². The molecule has 7 nitrogen and oxygen atoms in total. The normalized spacial score (nSPS) is 20.6. The van der Waals surface area contributed by atoms with E-state index in [0.717, 1.165) is 53.7 Å². The number of alkyl halides is 3. The number of hydrogen-bond donors (Lipinski definition) is 2. The molecule has 0 bridgehead atoms. The third-order valence-electron chi connectivity index (χ3n) is 8.52. The van der Waals surface area contributed by atoms with Crippen LogP contribution in [-0.4, -0.2) is 77.5 Å². The van der Waals surface area contributed by atoms with Gasteiger partial charge in [-0.05, 0) is 43.4 Å². The van der Waals surface area contributed by atoms with Crippen LogP contribution >= 0.6 is 0 Å². The monoisotopic (exact) mass is 605 g/mol. The van der Waals surface area contributed by atoms with Crippen LogP contribution in [0.2, 0.25) is 0 Å². The molecule has 1 amide bonds. The van der Waals surface area contributed by atoms with E-state index < -0.39 is 47.5 Å². The van der Waals surface area contributed by atoms with Crippen LogP contribution in [0.1, 0.15) is 55.3 Å². The molecule has 0 spiro atoms. The summed E-state index contributed by atoms with van der Waals surface area (Å²) in [4.78, 5) is 14.4. The Kier molecular flexibility index (Phi) is 8.80. The highest BCUT2D eigenvalue weighted by molar-refractivity contribution is 5.87. The molecule has 232 valence electrons. The predicted molar refractivity (Wildman–Crippen MR) is 153 cm³/mol. The summed E-state index contributed by atoms with van der Waals surface area (Å²) in [5, 5.41) is 11.0. The number of aromatic nitrogens is 2. The van der Waals surface area contributed by atoms with Gasteiger partial charge in [0, 0.05) is 55.8 Å². The number of H-pyrrole nitrogens is 1. The molecule has 2 heterocycles. The Balaban J connectivity index is 1.42. The molecule has 1 fully saturated rings. The van der Waals surface area contributed by atoms with E-state index in [-0.39, 0.29) is 24.7 Å². The maximum Gasteiger partial charge on any atom is 0.401 e. The average molecular weight is 606 g/mol. The van der Waals surface area contributed by atoms with Gasteiger partial charge in [-0.3, -0.25) is 14.8 Å². The minimum atomic E-state index is -4.57. The molecular weight excluding hydrogens is 569 g/mol. The van der Waals surface area contributed by atoms with E-state index in [1.807, 2.05) is 0 Å². The van der Waals surface area contributed by atoms with Crippen molar-refractivity contribution in [2.75, 3.05) is 33.8 Å². The van der Waals surface area contributed by atoms with E-state index in [1.165, 1.54) is 11.0 Å². The van der Waals surface area contributed by atoms with Gasteiger partial charge in [0.15, 0.2) is 0 Å². The van der Waals surface area contributed by atoms with E-state index in [1.54, 1.807) is 45.4 Å². The van der Waals surface area contributed by atoms with Gasteiger partial charge in [0.05, 0.1) is 29.8 Å². The molecule has 1 aromatic heterocycles. The fourth-order valence-electron chi connectivity index (χ4n) is 6.33. The van der Waals surface area contributed by atoms with E-state index in [9.17, 15) is 18.0 Å². The Morgan fingerprint density at radius 3 is 2.56 bits per heavy atom. The van der Waals surface area contributed by atoms with Gasteiger partial charge in [-0.25, -0.2) is 8.78 Å². The Morgan fingerprint density at radius 1 is 1.21 bits per heavy atom. The molecule has 2 atom stereocenters. The highest BCUT2D eigenvalue weighted by Gasteiger charge is 2.43. The van der Waals surface area contributed by atoms with Gasteiger partial charge in [-0.2, -0.15) is 18.3 Å². The lowest BCUT2D eigenvalue weighted by molar-refractivity contribution is -0.155. The average Bonchev–Trinajstić information content (AvgIpc) is 3.61. The van der Waals surface area contributed by atoms with Gasteiger partial charge in [-0.15, -0.1) is 0 Å². The molecule has 2 aromatic carbocycles. The van der Waals surface area contributed by atoms with Gasteiger partial charge >= 0.3 is 6.18 Å². The highest BCUT2D eigenvalue weighted by atomic mass is 19.4. The first-order valence-electron chi connectivity index (χ1n) is 14.4. The molecule has 1 aliphatic carbocycles. The second-order valence-corrected chi connectivity index (χ2v) is 11.8. The van der Waals surface area contributed by atoms with Crippen LogP contribution in [0, 0.1) is 11.6 Å². The molecule has 12 heteroatoms. The molecule has 3 aromatic rings. The summed E-state index contributed by atoms with van der Waals surface area (Å²) in [6.45, 7) is 0.876. The van der Waals surface area contributed by atoms with E-state index >= 15 is 8.78 Å². The first kappa shape index (κ1) is 30.9. The van der Waals surface area contributed by atoms with Crippen LogP contribution in [0.4, 0.5) is 22.0 Å². The molecule has 43 heavy (non-hydrogen) atoms. The summed E-state index contributed by atoms with van der Waals surface area (Å²) in [5.41, 5.74) is 0.952. The highest BCUT2D eigenvalue weighted by Crippen LogP contribution is 2.44. The van der Waals surface area contributed by atoms with Gasteiger partial charge < -0.3 is 15.0 Å². The van der Waals surface area contributed by atoms with Crippen molar-refractivity contribution in [2.45, 2.75) is 62.8 Å². The van der Waals surface area contributed by atoms with Crippen molar-refractivity contribution < 1.29 is 31.5 Å². The lowest BCUT2D eigenvalue weighted by Crippen LogP contribution is -2.48. The number of carbonyl (C=O) groups is 1. The Hall–Kier alpha value is -3.51. The molecular formula is C31H36F5N5O2. The first-order chi connectivity index (χ1) is 20.4. The van der Waals surface area contributed by atoms with Crippen LogP contribution < -0.4 is 10.1 Å². The van der Waals surface area contributed by atoms with E-state index in [4.69, 9.17) is 4.74 Å². The summed E-state index contributed by atoms with van der Waals surface area (Å²) in [6.07, 6.45) is 3.98. The Labute approximate surface area is 247 Å². The fourth-order valence-corrected chi connectivity index (χ4v) is 6.33. The first-order valence-corrected chi connectivity index (χ1v) is 14.4. The molecule has 0 unspecified atom stereocenters. The van der Waals surface area contributed by atoms with Gasteiger partial charge in [0.2, 0.25) is 5.91 Å². The largest absolute Gasteiger partial charge is 0.491 e. The van der Waals surface area contributed by atoms with Crippen LogP contribution in [0.15, 0.2) is 42.6 Å². The SMILES string of the molecule is C[C@@H]1Cc2c(ccc3[nH]ncc23)[C@@H](c2c(F)cc(OCC3(NC/C=C/C(=O)N(C)C)CCCC3)cc2F)N1CC(F)(F)F. The van der Waals surface area contributed by atoms with Gasteiger partial charge in [-0.1, -0.05) is 25.0 Å². The van der Waals surface area contributed by atoms with Crippen molar-refractivity contribution in [1.82, 2.24) is 25.3 Å². The number of fused-ring (bicyclic) bond motifs is 3. The predicted octanol–water partition coefficient (Wildman–Crippen LogP) is 5.67. The number of aromatic amines is 1. The van der Waals surface area contributed by atoms with Gasteiger partial charge in [0.25, 0.3) is 0 Å². The lowest BCUT2D eigenvalue weighted by atomic mass is 9.83. The van der Waals surface area contributed by atoms with E-state index in [0.29, 0.717) is 17.6 Å². The molecule has 0 radical (unpaired) electrons. The fraction of sp³-hybridized carbons (Fsp3) is 0.484. The third-order valence-corrected chi connectivity index (χ3v) is 8.52. The van der Waals surface area contributed by atoms with Crippen LogP contribution in [0.5, 0.6) is 5.75 Å². The Morgan fingerprint density at radius 2 is 1.91 bits per heavy atom. The molecule has 2 N–H and O–H groups in total.